The first-order valence-electron chi connectivity index (χ1n) is 49.6. The van der Waals surface area contributed by atoms with Crippen molar-refractivity contribution in [2.24, 2.45) is 130 Å². The molecule has 10 aliphatic carbocycles. The van der Waals surface area contributed by atoms with Crippen molar-refractivity contribution in [3.05, 3.63) is 0 Å². The van der Waals surface area contributed by atoms with Gasteiger partial charge in [0, 0.05) is 60.9 Å². The van der Waals surface area contributed by atoms with Crippen LogP contribution in [0.3, 0.4) is 0 Å². The van der Waals surface area contributed by atoms with E-state index in [2.05, 4.69) is 230 Å². The van der Waals surface area contributed by atoms with Crippen molar-refractivity contribution < 1.29 is 49.2 Å². The molecule has 0 spiro atoms. The van der Waals surface area contributed by atoms with Crippen LogP contribution in [0, 0.1) is 125 Å². The number of hydrogen-bond donors (Lipinski definition) is 4. The maximum absolute atomic E-state index is 11.1. The van der Waals surface area contributed by atoms with Gasteiger partial charge in [-0.1, -0.05) is 234 Å². The summed E-state index contributed by atoms with van der Waals surface area (Å²) < 4.78 is 21.6. The summed E-state index contributed by atoms with van der Waals surface area (Å²) in [5.74, 6) is 9.63. The second kappa shape index (κ2) is 52.6. The van der Waals surface area contributed by atoms with Crippen LogP contribution in [0.5, 0.6) is 0 Å². The molecule has 1 aliphatic heterocycles. The van der Waals surface area contributed by atoms with E-state index in [4.69, 9.17) is 35.8 Å². The smallest absolute Gasteiger partial charge is 0.133 e. The lowest BCUT2D eigenvalue weighted by atomic mass is 9.69. The number of rotatable bonds is 7. The Labute approximate surface area is 751 Å². The van der Waals surface area contributed by atoms with Crippen molar-refractivity contribution in [1.29, 1.82) is 0 Å². The molecule has 14 heteroatoms. The summed E-state index contributed by atoms with van der Waals surface area (Å²) in [6.45, 7) is 74.1. The van der Waals surface area contributed by atoms with Crippen LogP contribution in [0.1, 0.15) is 433 Å². The molecule has 0 bridgehead atoms. The van der Waals surface area contributed by atoms with Gasteiger partial charge in [0.25, 0.3) is 0 Å². The van der Waals surface area contributed by atoms with Crippen LogP contribution < -0.4 is 0 Å². The number of likely N-dealkylation sites (N-methyl/N-ethyl adjacent to an activating group) is 1. The third kappa shape index (κ3) is 45.4. The number of carbonyl (C=O) groups is 1. The van der Waals surface area contributed by atoms with E-state index in [1.807, 2.05) is 46.8 Å². The number of carbonyl (C=O) groups excluding carboxylic acids is 1. The van der Waals surface area contributed by atoms with Crippen molar-refractivity contribution in [3.63, 3.8) is 0 Å². The monoisotopic (exact) mass is 1720 g/mol. The molecule has 0 amide bonds. The molecule has 714 valence electrons. The number of aliphatic hydroxyl groups excluding tert-OH is 3. The highest BCUT2D eigenvalue weighted by atomic mass is 35.5. The molecule has 11 aliphatic rings. The Hall–Kier alpha value is -1.13. The summed E-state index contributed by atoms with van der Waals surface area (Å²) in [6, 6.07) is 0.738. The maximum Gasteiger partial charge on any atom is 0.133 e. The van der Waals surface area contributed by atoms with Gasteiger partial charge < -0.3 is 39.2 Å². The Morgan fingerprint density at radius 1 is 0.375 bits per heavy atom. The molecule has 11 unspecified atom stereocenters. The molecule has 4 N–H and O–H groups in total. The molecule has 11 rings (SSSR count). The molecule has 10 saturated carbocycles. The van der Waals surface area contributed by atoms with Crippen molar-refractivity contribution in [2.45, 2.75) is 487 Å². The number of hydrazone groups is 1. The summed E-state index contributed by atoms with van der Waals surface area (Å²) >= 11 is 5.93. The average molecular weight is 1720 g/mol. The Balaban J connectivity index is 0.000000453. The number of nitrogens with zero attached hydrogens (tertiary/aromatic N) is 3. The zero-order valence-corrected chi connectivity index (χ0v) is 87.1. The van der Waals surface area contributed by atoms with Crippen LogP contribution in [0.25, 0.3) is 0 Å². The highest BCUT2D eigenvalue weighted by Crippen LogP contribution is 2.48. The number of ether oxygens (including phenoxy) is 4. The SMILES string of the molecule is CC(C)(C)[C@@H]1CCC(Cl)C(O)C1.CC(C)(C)[C@@H]1CCCC(=O)C1.CC(C)(C)[C@@H]1CCCC(O)C1.CC(C)(C)[C@@H]1CCCC(O)C1.CC(C)(C)[C@H]1CCC(COO)C1.CN1CCN(C2CC[C@H](C(C)(C)C)C2)C=N1.COC1CCC[C@@H](C(C)(C)C)C1.COC1CC[C@@H](C(C)(C)C)C1.COC1CC[C@H](C(C)(C)C)C1.COC1C[C@H](C(C)(C)C)CCC1C. The van der Waals surface area contributed by atoms with Gasteiger partial charge >= 0.3 is 0 Å². The third-order valence-corrected chi connectivity index (χ3v) is 31.9. The Kier molecular flexibility index (Phi) is 50.4. The lowest BCUT2D eigenvalue weighted by Crippen LogP contribution is -2.41. The molecule has 0 radical (unpaired) electrons. The standard InChI is InChI=1S/C13H25N3.C12H24O.C11H22O.C10H19ClO.C10H20O2.4C10H20O.C10H18O/c1-13(2,3)11-5-6-12(9-11)16-8-7-15(4)14-10-16;1-9-6-7-10(12(2,3)4)8-11(9)13-5;1-11(2,3)9-6-5-7-10(8-9)12-4;1-10(2,3)7-4-5-8(11)9(12)6-7;1-10(2,3)9-5-4-8(6-9)7-12-11;2*1-10(2,3)8-5-6-9(7-8)11-4;3*1-10(2,3)8-5-4-6-9(11)7-8/h10-12H,5-9H2,1-4H3;9-11H,6-8H2,1-5H3;9-10H,5-8H2,1-4H3;7-9,12H,4-6H2,1-3H3;8-9,11H,4-7H2,1-3H3;2*8-9H,5-7H2,1-4H3;2*8-9,11H,4-7H2,1-3H3;8H,4-7H2,1-3H3/t11-,12?;9?,10-,11?;9-,10?;7-,8?,9?;8?,9-;4*8-,9?;8-/m0111010111/s1. The number of halogens is 1. The molecule has 120 heavy (non-hydrogen) atoms. The topological polar surface area (TPSA) is 163 Å². The third-order valence-electron chi connectivity index (χ3n) is 31.4. The molecule has 10 fully saturated rings. The van der Waals surface area contributed by atoms with Crippen molar-refractivity contribution in [1.82, 2.24) is 9.91 Å². The largest absolute Gasteiger partial charge is 0.393 e. The molecule has 21 atom stereocenters. The molecular formula is C106H208ClN3O10. The van der Waals surface area contributed by atoms with Crippen molar-refractivity contribution >= 4 is 23.7 Å². The summed E-state index contributed by atoms with van der Waals surface area (Å²) in [4.78, 5) is 17.8. The molecule has 0 aromatic carbocycles. The first-order chi connectivity index (χ1) is 55.0. The number of hydrogen-bond acceptors (Lipinski definition) is 13. The Morgan fingerprint density at radius 3 is 1.04 bits per heavy atom. The second-order valence-electron chi connectivity index (χ2n) is 51.0. The van der Waals surface area contributed by atoms with Crippen LogP contribution in [-0.2, 0) is 28.6 Å². The number of aliphatic hydroxyl groups is 3. The van der Waals surface area contributed by atoms with E-state index < -0.39 is 0 Å². The molecule has 13 nitrogen and oxygen atoms in total. The highest BCUT2D eigenvalue weighted by Gasteiger charge is 2.41. The summed E-state index contributed by atoms with van der Waals surface area (Å²) in [5, 5.41) is 43.2. The van der Waals surface area contributed by atoms with E-state index >= 15 is 0 Å². The Bertz CT molecular complexity index is 2630. The summed E-state index contributed by atoms with van der Waals surface area (Å²) in [6.07, 6.45) is 44.7. The second-order valence-corrected chi connectivity index (χ2v) is 51.6. The number of Topliss-reactive ketones (excluding diaryl/α,β-unsaturated/α-hetero) is 1. The molecule has 0 aromatic heterocycles. The molecule has 0 saturated heterocycles. The van der Waals surface area contributed by atoms with E-state index in [9.17, 15) is 20.1 Å². The van der Waals surface area contributed by atoms with Crippen LogP contribution in [0.15, 0.2) is 5.10 Å². The first kappa shape index (κ1) is 115. The summed E-state index contributed by atoms with van der Waals surface area (Å²) in [7, 11) is 9.40. The highest BCUT2D eigenvalue weighted by molar-refractivity contribution is 6.21. The fourth-order valence-corrected chi connectivity index (χ4v) is 21.2. The van der Waals surface area contributed by atoms with Gasteiger partial charge in [0.1, 0.15) is 12.1 Å². The van der Waals surface area contributed by atoms with E-state index in [0.717, 1.165) is 137 Å². The lowest BCUT2D eigenvalue weighted by molar-refractivity contribution is -0.250. The van der Waals surface area contributed by atoms with Gasteiger partial charge in [-0.2, -0.15) is 5.10 Å². The zero-order chi connectivity index (χ0) is 92.0. The number of ketones is 1. The lowest BCUT2D eigenvalue weighted by Gasteiger charge is -2.40. The van der Waals surface area contributed by atoms with Crippen LogP contribution >= 0.6 is 11.6 Å². The molecule has 1 heterocycles. The zero-order valence-electron chi connectivity index (χ0n) is 86.3. The van der Waals surface area contributed by atoms with Gasteiger partial charge in [-0.05, 0) is 311 Å². The van der Waals surface area contributed by atoms with Gasteiger partial charge in [0.2, 0.25) is 0 Å². The van der Waals surface area contributed by atoms with E-state index in [1.54, 1.807) is 0 Å². The predicted octanol–water partition coefficient (Wildman–Crippen LogP) is 28.5. The van der Waals surface area contributed by atoms with E-state index in [-0.39, 0.29) is 23.7 Å². The minimum absolute atomic E-state index is 0.0106. The summed E-state index contributed by atoms with van der Waals surface area (Å²) in [5.41, 5.74) is 4.20. The van der Waals surface area contributed by atoms with Crippen LogP contribution in [0.4, 0.5) is 0 Å². The fourth-order valence-electron chi connectivity index (χ4n) is 21.0. The van der Waals surface area contributed by atoms with E-state index in [0.29, 0.717) is 109 Å². The average Bonchev–Trinajstić information content (AvgIpc) is 1.78. The van der Waals surface area contributed by atoms with Gasteiger partial charge in [-0.25, -0.2) is 4.89 Å². The quantitative estimate of drug-likeness (QED) is 0.109. The Morgan fingerprint density at radius 2 is 0.717 bits per heavy atom. The maximum atomic E-state index is 11.1. The van der Waals surface area contributed by atoms with Crippen LogP contribution in [0.2, 0.25) is 0 Å². The van der Waals surface area contributed by atoms with Gasteiger partial charge in [-0.3, -0.25) is 15.1 Å². The van der Waals surface area contributed by atoms with Crippen LogP contribution in [-0.4, -0.2) is 152 Å². The van der Waals surface area contributed by atoms with Crippen molar-refractivity contribution in [3.8, 4) is 0 Å². The van der Waals surface area contributed by atoms with Gasteiger partial charge in [-0.15, -0.1) is 11.6 Å². The number of methoxy groups -OCH3 is 4. The van der Waals surface area contributed by atoms with Gasteiger partial charge in [0.05, 0.1) is 61.3 Å². The van der Waals surface area contributed by atoms with Gasteiger partial charge in [0.15, 0.2) is 0 Å². The fraction of sp³-hybridized carbons (Fsp3) is 0.981. The molecule has 0 aromatic rings. The minimum atomic E-state index is -0.287. The predicted molar refractivity (Wildman–Crippen MR) is 515 cm³/mol. The minimum Gasteiger partial charge on any atom is -0.393 e. The number of alkyl halides is 1. The van der Waals surface area contributed by atoms with E-state index in [1.165, 1.54) is 154 Å². The normalized spacial score (nSPS) is 32.9. The van der Waals surface area contributed by atoms with Crippen molar-refractivity contribution in [2.75, 3.05) is 55.2 Å². The first-order valence-corrected chi connectivity index (χ1v) is 50.0. The molecular weight excluding hydrogens is 1510 g/mol.